The molecule has 0 radical (unpaired) electrons. The third kappa shape index (κ3) is 5.96. The second kappa shape index (κ2) is 9.17. The predicted octanol–water partition coefficient (Wildman–Crippen LogP) is 3.95. The summed E-state index contributed by atoms with van der Waals surface area (Å²) in [5, 5.41) is 9.69. The van der Waals surface area contributed by atoms with Gasteiger partial charge in [-0.05, 0) is 67.8 Å². The van der Waals surface area contributed by atoms with Crippen LogP contribution in [-0.4, -0.2) is 45.3 Å². The number of nitriles is 1. The molecule has 29 heavy (non-hydrogen) atoms. The molecular formula is C22H25ClN2O3S. The minimum absolute atomic E-state index is 0.297. The average molecular weight is 433 g/mol. The number of nitrogens with zero attached hydrogens (tertiary/aromatic N) is 2. The van der Waals surface area contributed by atoms with E-state index in [0.29, 0.717) is 39.8 Å². The normalized spacial score (nSPS) is 19.8. The standard InChI is InChI=1S/C22H25ClN2O3S/c1-16-9-19(15-28-21-3-5-22(6-4-21)29(2,26)27)14-25(16)8-7-17-10-18(13-24)12-20(23)11-17/h3-6,10-12,16,19H,7-9,14-15H2,1-2H3/t16-,19-/m0/s1. The Bertz CT molecular complexity index is 1000. The molecule has 2 aromatic rings. The average Bonchev–Trinajstić information content (AvgIpc) is 3.03. The van der Waals surface area contributed by atoms with Crippen LogP contribution in [0.25, 0.3) is 0 Å². The zero-order chi connectivity index (χ0) is 21.0. The zero-order valence-electron chi connectivity index (χ0n) is 16.6. The molecule has 0 unspecified atom stereocenters. The van der Waals surface area contributed by atoms with Crippen LogP contribution in [0.3, 0.4) is 0 Å². The molecule has 5 nitrogen and oxygen atoms in total. The van der Waals surface area contributed by atoms with Gasteiger partial charge in [-0.25, -0.2) is 8.42 Å². The summed E-state index contributed by atoms with van der Waals surface area (Å²) in [5.41, 5.74) is 1.67. The first kappa shape index (κ1) is 21.6. The van der Waals surface area contributed by atoms with Gasteiger partial charge in [0.05, 0.1) is 23.1 Å². The fourth-order valence-electron chi connectivity index (χ4n) is 3.78. The SMILES string of the molecule is C[C@H]1C[C@H](COc2ccc(S(C)(=O)=O)cc2)CN1CCc1cc(Cl)cc(C#N)c1. The second-order valence-corrected chi connectivity index (χ2v) is 10.2. The Morgan fingerprint density at radius 1 is 1.24 bits per heavy atom. The van der Waals surface area contributed by atoms with Crippen LogP contribution >= 0.6 is 11.6 Å². The Balaban J connectivity index is 1.51. The molecular weight excluding hydrogens is 408 g/mol. The first-order valence-corrected chi connectivity index (χ1v) is 11.9. The molecule has 0 bridgehead atoms. The van der Waals surface area contributed by atoms with Crippen molar-refractivity contribution >= 4 is 21.4 Å². The molecule has 0 spiro atoms. The van der Waals surface area contributed by atoms with E-state index in [1.807, 2.05) is 12.1 Å². The fraction of sp³-hybridized carbons (Fsp3) is 0.409. The molecule has 1 aliphatic rings. The van der Waals surface area contributed by atoms with Gasteiger partial charge in [0.2, 0.25) is 0 Å². The monoisotopic (exact) mass is 432 g/mol. The molecule has 1 fully saturated rings. The highest BCUT2D eigenvalue weighted by molar-refractivity contribution is 7.90. The van der Waals surface area contributed by atoms with Crippen LogP contribution < -0.4 is 4.74 Å². The van der Waals surface area contributed by atoms with Gasteiger partial charge in [0.15, 0.2) is 9.84 Å². The Labute approximate surface area is 177 Å². The lowest BCUT2D eigenvalue weighted by molar-refractivity contribution is 0.234. The number of likely N-dealkylation sites (tertiary alicyclic amines) is 1. The van der Waals surface area contributed by atoms with Gasteiger partial charge in [-0.2, -0.15) is 5.26 Å². The number of rotatable bonds is 7. The molecule has 1 aliphatic heterocycles. The third-order valence-electron chi connectivity index (χ3n) is 5.30. The molecule has 7 heteroatoms. The lowest BCUT2D eigenvalue weighted by atomic mass is 10.1. The largest absolute Gasteiger partial charge is 0.493 e. The van der Waals surface area contributed by atoms with Crippen molar-refractivity contribution in [2.24, 2.45) is 5.92 Å². The summed E-state index contributed by atoms with van der Waals surface area (Å²) >= 11 is 6.10. The maximum atomic E-state index is 11.5. The molecule has 1 heterocycles. The van der Waals surface area contributed by atoms with Gasteiger partial charge in [-0.15, -0.1) is 0 Å². The molecule has 1 saturated heterocycles. The number of hydrogen-bond donors (Lipinski definition) is 0. The van der Waals surface area contributed by atoms with Crippen LogP contribution in [0.15, 0.2) is 47.4 Å². The van der Waals surface area contributed by atoms with Crippen molar-refractivity contribution in [3.8, 4) is 11.8 Å². The number of sulfone groups is 1. The van der Waals surface area contributed by atoms with Gasteiger partial charge in [0.1, 0.15) is 5.75 Å². The quantitative estimate of drug-likeness (QED) is 0.662. The Hall–Kier alpha value is -2.07. The van der Waals surface area contributed by atoms with Crippen LogP contribution in [-0.2, 0) is 16.3 Å². The minimum atomic E-state index is -3.19. The van der Waals surface area contributed by atoms with E-state index in [9.17, 15) is 8.42 Å². The van der Waals surface area contributed by atoms with E-state index in [2.05, 4.69) is 17.9 Å². The van der Waals surface area contributed by atoms with Crippen molar-refractivity contribution in [2.75, 3.05) is 26.0 Å². The lowest BCUT2D eigenvalue weighted by Crippen LogP contribution is -2.29. The molecule has 0 N–H and O–H groups in total. The summed E-state index contributed by atoms with van der Waals surface area (Å²) in [6.45, 7) is 4.69. The van der Waals surface area contributed by atoms with Crippen LogP contribution in [0.5, 0.6) is 5.75 Å². The molecule has 3 rings (SSSR count). The Morgan fingerprint density at radius 2 is 1.97 bits per heavy atom. The summed E-state index contributed by atoms with van der Waals surface area (Å²) in [7, 11) is -3.19. The van der Waals surface area contributed by atoms with Crippen molar-refractivity contribution in [1.29, 1.82) is 5.26 Å². The van der Waals surface area contributed by atoms with Gasteiger partial charge < -0.3 is 4.74 Å². The van der Waals surface area contributed by atoms with Crippen LogP contribution in [0.2, 0.25) is 5.02 Å². The Kier molecular flexibility index (Phi) is 6.84. The summed E-state index contributed by atoms with van der Waals surface area (Å²) in [6.07, 6.45) is 3.10. The summed E-state index contributed by atoms with van der Waals surface area (Å²) in [4.78, 5) is 2.74. The van der Waals surface area contributed by atoms with Crippen molar-refractivity contribution in [3.63, 3.8) is 0 Å². The van der Waals surface area contributed by atoms with Crippen molar-refractivity contribution < 1.29 is 13.2 Å². The van der Waals surface area contributed by atoms with Gasteiger partial charge >= 0.3 is 0 Å². The predicted molar refractivity (Wildman–Crippen MR) is 114 cm³/mol. The fourth-order valence-corrected chi connectivity index (χ4v) is 4.67. The molecule has 154 valence electrons. The van der Waals surface area contributed by atoms with E-state index in [1.54, 1.807) is 30.3 Å². The summed E-state index contributed by atoms with van der Waals surface area (Å²) in [6, 6.07) is 14.7. The molecule has 0 amide bonds. The maximum absolute atomic E-state index is 11.5. The van der Waals surface area contributed by atoms with E-state index in [4.69, 9.17) is 21.6 Å². The van der Waals surface area contributed by atoms with E-state index in [0.717, 1.165) is 31.5 Å². The summed E-state index contributed by atoms with van der Waals surface area (Å²) < 4.78 is 29.0. The van der Waals surface area contributed by atoms with E-state index >= 15 is 0 Å². The first-order valence-electron chi connectivity index (χ1n) is 9.61. The van der Waals surface area contributed by atoms with Gasteiger partial charge in [0, 0.05) is 36.3 Å². The smallest absolute Gasteiger partial charge is 0.175 e. The molecule has 0 aromatic heterocycles. The van der Waals surface area contributed by atoms with Gasteiger partial charge in [-0.1, -0.05) is 11.6 Å². The van der Waals surface area contributed by atoms with E-state index in [-0.39, 0.29) is 0 Å². The van der Waals surface area contributed by atoms with Crippen LogP contribution in [0.1, 0.15) is 24.5 Å². The van der Waals surface area contributed by atoms with Crippen molar-refractivity contribution in [3.05, 3.63) is 58.6 Å². The molecule has 0 saturated carbocycles. The van der Waals surface area contributed by atoms with Crippen molar-refractivity contribution in [1.82, 2.24) is 4.90 Å². The van der Waals surface area contributed by atoms with E-state index in [1.165, 1.54) is 6.26 Å². The first-order chi connectivity index (χ1) is 13.7. The molecule has 2 atom stereocenters. The molecule has 2 aromatic carbocycles. The highest BCUT2D eigenvalue weighted by atomic mass is 35.5. The highest BCUT2D eigenvalue weighted by Gasteiger charge is 2.29. The van der Waals surface area contributed by atoms with Gasteiger partial charge in [0.25, 0.3) is 0 Å². The minimum Gasteiger partial charge on any atom is -0.493 e. The van der Waals surface area contributed by atoms with Crippen LogP contribution in [0, 0.1) is 17.2 Å². The number of halogens is 1. The lowest BCUT2D eigenvalue weighted by Gasteiger charge is -2.21. The Morgan fingerprint density at radius 3 is 2.62 bits per heavy atom. The molecule has 0 aliphatic carbocycles. The van der Waals surface area contributed by atoms with E-state index < -0.39 is 9.84 Å². The second-order valence-electron chi connectivity index (χ2n) is 7.71. The van der Waals surface area contributed by atoms with Crippen molar-refractivity contribution in [2.45, 2.75) is 30.7 Å². The number of ether oxygens (including phenoxy) is 1. The topological polar surface area (TPSA) is 70.4 Å². The highest BCUT2D eigenvalue weighted by Crippen LogP contribution is 2.25. The summed E-state index contributed by atoms with van der Waals surface area (Å²) in [5.74, 6) is 1.11. The number of hydrogen-bond acceptors (Lipinski definition) is 5. The number of benzene rings is 2. The zero-order valence-corrected chi connectivity index (χ0v) is 18.2. The van der Waals surface area contributed by atoms with Crippen LogP contribution in [0.4, 0.5) is 0 Å². The maximum Gasteiger partial charge on any atom is 0.175 e. The van der Waals surface area contributed by atoms with Gasteiger partial charge in [-0.3, -0.25) is 4.90 Å². The third-order valence-corrected chi connectivity index (χ3v) is 6.65.